The lowest BCUT2D eigenvalue weighted by Crippen LogP contribution is -2.30. The van der Waals surface area contributed by atoms with Crippen molar-refractivity contribution in [3.8, 4) is 0 Å². The molecule has 6 nitrogen and oxygen atoms in total. The van der Waals surface area contributed by atoms with E-state index in [0.717, 1.165) is 83.5 Å². The van der Waals surface area contributed by atoms with E-state index in [2.05, 4.69) is 112 Å². The Labute approximate surface area is 483 Å². The molecule has 0 radical (unpaired) electrons. The summed E-state index contributed by atoms with van der Waals surface area (Å²) in [5.74, 6) is -0.977. The van der Waals surface area contributed by atoms with E-state index in [-0.39, 0.29) is 37.5 Å². The number of esters is 3. The quantitative estimate of drug-likeness (QED) is 0.0261. The van der Waals surface area contributed by atoms with Gasteiger partial charge < -0.3 is 14.2 Å². The summed E-state index contributed by atoms with van der Waals surface area (Å²) in [5.41, 5.74) is 0. The van der Waals surface area contributed by atoms with Crippen molar-refractivity contribution in [2.24, 2.45) is 0 Å². The second-order valence-electron chi connectivity index (χ2n) is 22.0. The van der Waals surface area contributed by atoms with Gasteiger partial charge in [0.2, 0.25) is 0 Å². The van der Waals surface area contributed by atoms with Crippen molar-refractivity contribution < 1.29 is 28.6 Å². The third-order valence-electron chi connectivity index (χ3n) is 14.3. The molecule has 0 saturated heterocycles. The third kappa shape index (κ3) is 63.2. The van der Waals surface area contributed by atoms with Gasteiger partial charge in [-0.1, -0.05) is 311 Å². The number of hydrogen-bond donors (Lipinski definition) is 0. The van der Waals surface area contributed by atoms with Gasteiger partial charge >= 0.3 is 17.9 Å². The predicted molar refractivity (Wildman–Crippen MR) is 339 cm³/mol. The molecule has 0 aliphatic heterocycles. The molecule has 0 saturated carbocycles. The highest BCUT2D eigenvalue weighted by molar-refractivity contribution is 5.71. The van der Waals surface area contributed by atoms with E-state index in [1.807, 2.05) is 6.08 Å². The summed E-state index contributed by atoms with van der Waals surface area (Å²) in [5, 5.41) is 0. The third-order valence-corrected chi connectivity index (χ3v) is 14.3. The number of hydrogen-bond acceptors (Lipinski definition) is 6. The van der Waals surface area contributed by atoms with Gasteiger partial charge in [-0.05, 0) is 89.9 Å². The molecule has 0 bridgehead atoms. The summed E-state index contributed by atoms with van der Waals surface area (Å²) < 4.78 is 16.9. The van der Waals surface area contributed by atoms with Crippen LogP contribution in [0.5, 0.6) is 0 Å². The van der Waals surface area contributed by atoms with Crippen LogP contribution in [-0.2, 0) is 28.6 Å². The minimum Gasteiger partial charge on any atom is -0.462 e. The van der Waals surface area contributed by atoms with Crippen LogP contribution in [0.4, 0.5) is 0 Å². The van der Waals surface area contributed by atoms with Crippen LogP contribution in [0.25, 0.3) is 0 Å². The Balaban J connectivity index is 4.41. The van der Waals surface area contributed by atoms with E-state index in [4.69, 9.17) is 14.2 Å². The molecular formula is C72H124O6. The maximum atomic E-state index is 12.9. The predicted octanol–water partition coefficient (Wildman–Crippen LogP) is 22.8. The maximum absolute atomic E-state index is 12.9. The second-order valence-corrected chi connectivity index (χ2v) is 22.0. The summed E-state index contributed by atoms with van der Waals surface area (Å²) >= 11 is 0. The van der Waals surface area contributed by atoms with Gasteiger partial charge in [-0.2, -0.15) is 0 Å². The van der Waals surface area contributed by atoms with E-state index in [9.17, 15) is 14.4 Å². The minimum atomic E-state index is -0.819. The fourth-order valence-electron chi connectivity index (χ4n) is 9.38. The first-order valence-corrected chi connectivity index (χ1v) is 33.2. The zero-order chi connectivity index (χ0) is 56.4. The molecule has 448 valence electrons. The zero-order valence-corrected chi connectivity index (χ0v) is 51.4. The Morgan fingerprint density at radius 1 is 0.269 bits per heavy atom. The Hall–Kier alpha value is -3.67. The zero-order valence-electron chi connectivity index (χ0n) is 51.4. The van der Waals surface area contributed by atoms with E-state index < -0.39 is 6.10 Å². The summed E-state index contributed by atoms with van der Waals surface area (Å²) in [6.07, 6.45) is 88.6. The van der Waals surface area contributed by atoms with Gasteiger partial charge in [-0.15, -0.1) is 0 Å². The number of carbonyl (C=O) groups excluding carboxylic acids is 3. The number of rotatable bonds is 60. The topological polar surface area (TPSA) is 78.9 Å². The highest BCUT2D eigenvalue weighted by atomic mass is 16.6. The van der Waals surface area contributed by atoms with Crippen molar-refractivity contribution in [2.45, 2.75) is 329 Å². The molecule has 0 amide bonds. The van der Waals surface area contributed by atoms with Crippen LogP contribution < -0.4 is 0 Å². The smallest absolute Gasteiger partial charge is 0.306 e. The van der Waals surface area contributed by atoms with Gasteiger partial charge in [0.1, 0.15) is 13.2 Å². The van der Waals surface area contributed by atoms with E-state index in [1.165, 1.54) is 193 Å². The van der Waals surface area contributed by atoms with Gasteiger partial charge in [0.15, 0.2) is 6.10 Å². The molecule has 0 spiro atoms. The summed E-state index contributed by atoms with van der Waals surface area (Å²) in [7, 11) is 0. The molecule has 0 fully saturated rings. The first kappa shape index (κ1) is 74.3. The molecule has 1 atom stereocenters. The molecular weight excluding hydrogens is 961 g/mol. The van der Waals surface area contributed by atoms with E-state index >= 15 is 0 Å². The van der Waals surface area contributed by atoms with Crippen molar-refractivity contribution in [1.29, 1.82) is 0 Å². The monoisotopic (exact) mass is 1080 g/mol. The first-order valence-electron chi connectivity index (χ1n) is 33.2. The van der Waals surface area contributed by atoms with Crippen LogP contribution in [0.2, 0.25) is 0 Å². The van der Waals surface area contributed by atoms with Gasteiger partial charge in [0.25, 0.3) is 0 Å². The Kier molecular flexibility index (Phi) is 62.7. The molecule has 0 aliphatic rings. The fourth-order valence-corrected chi connectivity index (χ4v) is 9.38. The average molecular weight is 1090 g/mol. The van der Waals surface area contributed by atoms with Gasteiger partial charge in [-0.3, -0.25) is 14.4 Å². The molecule has 0 aromatic carbocycles. The van der Waals surface area contributed by atoms with Crippen LogP contribution >= 0.6 is 0 Å². The lowest BCUT2D eigenvalue weighted by Gasteiger charge is -2.18. The van der Waals surface area contributed by atoms with Crippen LogP contribution in [0.3, 0.4) is 0 Å². The van der Waals surface area contributed by atoms with Crippen molar-refractivity contribution in [3.63, 3.8) is 0 Å². The van der Waals surface area contributed by atoms with Gasteiger partial charge in [0.05, 0.1) is 0 Å². The lowest BCUT2D eigenvalue weighted by molar-refractivity contribution is -0.166. The van der Waals surface area contributed by atoms with Crippen molar-refractivity contribution in [3.05, 3.63) is 97.2 Å². The van der Waals surface area contributed by atoms with Crippen molar-refractivity contribution >= 4 is 17.9 Å². The maximum Gasteiger partial charge on any atom is 0.306 e. The van der Waals surface area contributed by atoms with E-state index in [0.29, 0.717) is 19.3 Å². The lowest BCUT2D eigenvalue weighted by atomic mass is 10.0. The Bertz CT molecular complexity index is 1530. The summed E-state index contributed by atoms with van der Waals surface area (Å²) in [6.45, 7) is 6.49. The van der Waals surface area contributed by atoms with Gasteiger partial charge in [0, 0.05) is 19.3 Å². The second kappa shape index (κ2) is 65.8. The first-order chi connectivity index (χ1) is 38.5. The average Bonchev–Trinajstić information content (AvgIpc) is 3.44. The largest absolute Gasteiger partial charge is 0.462 e. The highest BCUT2D eigenvalue weighted by Gasteiger charge is 2.19. The molecule has 0 heterocycles. The molecule has 0 aromatic heterocycles. The number of ether oxygens (including phenoxy) is 3. The van der Waals surface area contributed by atoms with Crippen molar-refractivity contribution in [1.82, 2.24) is 0 Å². The molecule has 1 unspecified atom stereocenters. The Morgan fingerprint density at radius 3 is 0.833 bits per heavy atom. The molecule has 0 rings (SSSR count). The van der Waals surface area contributed by atoms with Crippen LogP contribution in [0.1, 0.15) is 323 Å². The van der Waals surface area contributed by atoms with E-state index in [1.54, 1.807) is 0 Å². The normalized spacial score (nSPS) is 12.7. The fraction of sp³-hybridized carbons (Fsp3) is 0.736. The molecule has 0 aliphatic carbocycles. The Morgan fingerprint density at radius 2 is 0.526 bits per heavy atom. The van der Waals surface area contributed by atoms with Crippen LogP contribution in [0.15, 0.2) is 97.2 Å². The summed E-state index contributed by atoms with van der Waals surface area (Å²) in [4.78, 5) is 38.3. The minimum absolute atomic E-state index is 0.105. The molecule has 0 N–H and O–H groups in total. The van der Waals surface area contributed by atoms with Crippen LogP contribution in [-0.4, -0.2) is 37.2 Å². The van der Waals surface area contributed by atoms with Gasteiger partial charge in [-0.25, -0.2) is 0 Å². The standard InChI is InChI=1S/C72H124O6/c1-4-7-10-13-16-19-22-25-28-31-33-34-35-36-37-38-40-41-44-47-50-53-56-59-62-65-71(74)77-68-69(67-76-70(73)64-61-58-55-52-49-46-43-30-27-24-21-18-15-12-9-6-3)78-72(75)66-63-60-57-54-51-48-45-42-39-32-29-26-23-20-17-14-11-8-5-2/h8,11,17,20,22,25-26,29,31,33,39,42,48,51,57,60,69H,4-7,9-10,12-16,18-19,21,23-24,27-28,30,32,34-38,40-41,43-47,49-50,52-56,58-59,61-68H2,1-3H3/b11-8-,20-17-,25-22-,29-26-,33-31-,42-39-,51-48-,60-57-. The highest BCUT2D eigenvalue weighted by Crippen LogP contribution is 2.17. The van der Waals surface area contributed by atoms with Crippen molar-refractivity contribution in [2.75, 3.05) is 13.2 Å². The molecule has 0 aromatic rings. The SMILES string of the molecule is CC/C=C\C/C=C\C/C=C\C/C=C\C/C=C\C/C=C\CCC(=O)OC(COC(=O)CCCCCCCCCCCCCCC/C=C\C/C=C\CCCCCCC)COC(=O)CCCCCCCCCCCCCCCCCC. The van der Waals surface area contributed by atoms with Crippen LogP contribution in [0, 0.1) is 0 Å². The number of allylic oxidation sites excluding steroid dienone is 16. The number of unbranched alkanes of at least 4 members (excludes halogenated alkanes) is 33. The molecule has 78 heavy (non-hydrogen) atoms. The molecule has 6 heteroatoms. The summed E-state index contributed by atoms with van der Waals surface area (Å²) in [6, 6.07) is 0. The number of carbonyl (C=O) groups is 3.